The SMILES string of the molecule is COC(=O)c1sc(N2C(=O)C(=O)C(=C(O)c3ccc4c(c3)CC(C)O4)C2c2cccnc2)nc1C. The quantitative estimate of drug-likeness (QED) is 0.255. The van der Waals surface area contributed by atoms with E-state index in [4.69, 9.17) is 9.47 Å². The van der Waals surface area contributed by atoms with Crippen LogP contribution in [0.5, 0.6) is 5.75 Å². The summed E-state index contributed by atoms with van der Waals surface area (Å²) in [6.07, 6.45) is 3.78. The predicted octanol–water partition coefficient (Wildman–Crippen LogP) is 3.58. The topological polar surface area (TPSA) is 119 Å². The van der Waals surface area contributed by atoms with Crippen molar-refractivity contribution in [1.82, 2.24) is 9.97 Å². The molecule has 1 amide bonds. The zero-order valence-corrected chi connectivity index (χ0v) is 20.0. The lowest BCUT2D eigenvalue weighted by Crippen LogP contribution is -2.29. The summed E-state index contributed by atoms with van der Waals surface area (Å²) in [5.41, 5.74) is 2.11. The third-order valence-electron chi connectivity index (χ3n) is 5.98. The number of carbonyl (C=O) groups is 3. The zero-order chi connectivity index (χ0) is 24.9. The standard InChI is InChI=1S/C25H21N3O6S/c1-12-9-16-10-14(6-7-17(16)34-12)20(29)18-19(15-5-4-8-26-11-15)28(23(31)21(18)30)25-27-13(2)22(35-25)24(32)33-3/h4-8,10-12,19,29H,9H2,1-3H3. The van der Waals surface area contributed by atoms with Gasteiger partial charge in [-0.3, -0.25) is 19.5 Å². The summed E-state index contributed by atoms with van der Waals surface area (Å²) >= 11 is 0.946. The first-order chi connectivity index (χ1) is 16.8. The van der Waals surface area contributed by atoms with Gasteiger partial charge < -0.3 is 14.6 Å². The number of ether oxygens (including phenoxy) is 2. The van der Waals surface area contributed by atoms with E-state index in [9.17, 15) is 19.5 Å². The molecule has 10 heteroatoms. The van der Waals surface area contributed by atoms with Crippen LogP contribution < -0.4 is 9.64 Å². The zero-order valence-electron chi connectivity index (χ0n) is 19.1. The number of methoxy groups -OCH3 is 1. The van der Waals surface area contributed by atoms with Crippen molar-refractivity contribution >= 4 is 39.9 Å². The van der Waals surface area contributed by atoms with Gasteiger partial charge in [-0.25, -0.2) is 9.78 Å². The molecule has 2 unspecified atom stereocenters. The number of thiazole rings is 1. The van der Waals surface area contributed by atoms with Gasteiger partial charge in [0, 0.05) is 24.4 Å². The molecule has 0 saturated carbocycles. The van der Waals surface area contributed by atoms with Gasteiger partial charge in [0.15, 0.2) is 5.13 Å². The Morgan fingerprint density at radius 1 is 1.29 bits per heavy atom. The van der Waals surface area contributed by atoms with E-state index in [-0.39, 0.29) is 27.4 Å². The maximum Gasteiger partial charge on any atom is 0.350 e. The van der Waals surface area contributed by atoms with Gasteiger partial charge in [0.1, 0.15) is 22.5 Å². The highest BCUT2D eigenvalue weighted by atomic mass is 32.1. The number of aliphatic hydroxyl groups is 1. The van der Waals surface area contributed by atoms with Crippen molar-refractivity contribution in [3.8, 4) is 5.75 Å². The van der Waals surface area contributed by atoms with Gasteiger partial charge in [0.05, 0.1) is 24.4 Å². The number of amides is 1. The summed E-state index contributed by atoms with van der Waals surface area (Å²) < 4.78 is 10.5. The van der Waals surface area contributed by atoms with Crippen molar-refractivity contribution in [1.29, 1.82) is 0 Å². The third-order valence-corrected chi connectivity index (χ3v) is 7.11. The highest BCUT2D eigenvalue weighted by Gasteiger charge is 2.48. The molecular weight excluding hydrogens is 470 g/mol. The molecule has 178 valence electrons. The van der Waals surface area contributed by atoms with Crippen molar-refractivity contribution in [3.05, 3.63) is 75.6 Å². The molecule has 4 heterocycles. The number of rotatable bonds is 4. The molecule has 3 aromatic rings. The van der Waals surface area contributed by atoms with Crippen LogP contribution in [0, 0.1) is 6.92 Å². The lowest BCUT2D eigenvalue weighted by atomic mass is 9.95. The van der Waals surface area contributed by atoms with E-state index < -0.39 is 23.7 Å². The number of carbonyl (C=O) groups excluding carboxylic acids is 3. The van der Waals surface area contributed by atoms with Gasteiger partial charge in [-0.05, 0) is 49.2 Å². The first kappa shape index (κ1) is 22.7. The van der Waals surface area contributed by atoms with Crippen LogP contribution in [0.25, 0.3) is 5.76 Å². The smallest absolute Gasteiger partial charge is 0.350 e. The van der Waals surface area contributed by atoms with Crippen molar-refractivity contribution in [2.24, 2.45) is 0 Å². The van der Waals surface area contributed by atoms with Gasteiger partial charge in [-0.2, -0.15) is 0 Å². The summed E-state index contributed by atoms with van der Waals surface area (Å²) in [4.78, 5) is 48.6. The van der Waals surface area contributed by atoms with Gasteiger partial charge in [-0.15, -0.1) is 0 Å². The van der Waals surface area contributed by atoms with Gasteiger partial charge in [-0.1, -0.05) is 17.4 Å². The Morgan fingerprint density at radius 3 is 2.80 bits per heavy atom. The Hall–Kier alpha value is -4.05. The van der Waals surface area contributed by atoms with Crippen LogP contribution in [-0.2, 0) is 20.7 Å². The summed E-state index contributed by atoms with van der Waals surface area (Å²) in [5.74, 6) is -1.87. The normalized spacial score (nSPS) is 20.6. The Kier molecular flexibility index (Phi) is 5.60. The monoisotopic (exact) mass is 491 g/mol. The molecule has 0 bridgehead atoms. The molecule has 2 aromatic heterocycles. The van der Waals surface area contributed by atoms with Crippen molar-refractivity contribution in [2.75, 3.05) is 12.0 Å². The van der Waals surface area contributed by atoms with E-state index >= 15 is 0 Å². The van der Waals surface area contributed by atoms with Gasteiger partial charge in [0.2, 0.25) is 0 Å². The maximum atomic E-state index is 13.3. The number of anilines is 1. The molecule has 2 atom stereocenters. The maximum absolute atomic E-state index is 13.3. The molecule has 1 N–H and O–H groups in total. The highest BCUT2D eigenvalue weighted by molar-refractivity contribution is 7.17. The molecule has 0 spiro atoms. The van der Waals surface area contributed by atoms with Crippen molar-refractivity contribution in [2.45, 2.75) is 32.4 Å². The first-order valence-corrected chi connectivity index (χ1v) is 11.7. The lowest BCUT2D eigenvalue weighted by Gasteiger charge is -2.22. The Morgan fingerprint density at radius 2 is 2.09 bits per heavy atom. The molecule has 1 fully saturated rings. The second-order valence-corrected chi connectivity index (χ2v) is 9.29. The molecule has 0 aliphatic carbocycles. The highest BCUT2D eigenvalue weighted by Crippen LogP contribution is 2.44. The molecule has 2 aliphatic heterocycles. The van der Waals surface area contributed by atoms with Crippen LogP contribution in [-0.4, -0.2) is 45.9 Å². The summed E-state index contributed by atoms with van der Waals surface area (Å²) in [6, 6.07) is 7.58. The molecule has 9 nitrogen and oxygen atoms in total. The van der Waals surface area contributed by atoms with Crippen LogP contribution >= 0.6 is 11.3 Å². The number of aryl methyl sites for hydroxylation is 1. The summed E-state index contributed by atoms with van der Waals surface area (Å²) in [6.45, 7) is 3.57. The minimum absolute atomic E-state index is 0.0144. The Balaban J connectivity index is 1.67. The van der Waals surface area contributed by atoms with Crippen LogP contribution in [0.3, 0.4) is 0 Å². The molecule has 1 saturated heterocycles. The Bertz CT molecular complexity index is 1400. The minimum Gasteiger partial charge on any atom is -0.507 e. The Labute approximate surface area is 204 Å². The number of aromatic nitrogens is 2. The van der Waals surface area contributed by atoms with Crippen molar-refractivity contribution < 1.29 is 29.0 Å². The predicted molar refractivity (Wildman–Crippen MR) is 127 cm³/mol. The molecule has 2 aliphatic rings. The first-order valence-electron chi connectivity index (χ1n) is 10.9. The van der Waals surface area contributed by atoms with Crippen LogP contribution in [0.1, 0.15) is 45.0 Å². The lowest BCUT2D eigenvalue weighted by molar-refractivity contribution is -0.132. The number of Topliss-reactive ketones (excluding diaryl/α,β-unsaturated/α-hetero) is 1. The van der Waals surface area contributed by atoms with E-state index in [2.05, 4.69) is 9.97 Å². The second kappa shape index (κ2) is 8.62. The molecule has 0 radical (unpaired) electrons. The van der Waals surface area contributed by atoms with Gasteiger partial charge in [0.25, 0.3) is 5.78 Å². The molecule has 5 rings (SSSR count). The largest absolute Gasteiger partial charge is 0.507 e. The summed E-state index contributed by atoms with van der Waals surface area (Å²) in [5, 5.41) is 11.5. The number of esters is 1. The number of aliphatic hydroxyl groups excluding tert-OH is 1. The number of pyridine rings is 1. The minimum atomic E-state index is -0.983. The number of hydrogen-bond acceptors (Lipinski definition) is 9. The van der Waals surface area contributed by atoms with Gasteiger partial charge >= 0.3 is 11.9 Å². The van der Waals surface area contributed by atoms with Crippen LogP contribution in [0.2, 0.25) is 0 Å². The summed E-state index contributed by atoms with van der Waals surface area (Å²) in [7, 11) is 1.26. The average molecular weight is 492 g/mol. The number of benzene rings is 1. The number of nitrogens with zero attached hydrogens (tertiary/aromatic N) is 3. The number of hydrogen-bond donors (Lipinski definition) is 1. The van der Waals surface area contributed by atoms with E-state index in [1.807, 2.05) is 6.92 Å². The van der Waals surface area contributed by atoms with E-state index in [0.717, 1.165) is 22.6 Å². The second-order valence-electron chi connectivity index (χ2n) is 8.31. The van der Waals surface area contributed by atoms with E-state index in [1.165, 1.54) is 18.2 Å². The van der Waals surface area contributed by atoms with E-state index in [0.29, 0.717) is 23.2 Å². The third kappa shape index (κ3) is 3.75. The molecular formula is C25H21N3O6S. The number of ketones is 1. The van der Waals surface area contributed by atoms with Crippen molar-refractivity contribution in [3.63, 3.8) is 0 Å². The molecule has 1 aromatic carbocycles. The van der Waals surface area contributed by atoms with Crippen LogP contribution in [0.4, 0.5) is 5.13 Å². The van der Waals surface area contributed by atoms with E-state index in [1.54, 1.807) is 43.5 Å². The fraction of sp³-hybridized carbons (Fsp3) is 0.240. The fourth-order valence-corrected chi connectivity index (χ4v) is 5.39. The average Bonchev–Trinajstić information content (AvgIpc) is 3.50. The number of fused-ring (bicyclic) bond motifs is 1. The molecule has 35 heavy (non-hydrogen) atoms. The fourth-order valence-electron chi connectivity index (χ4n) is 4.38. The van der Waals surface area contributed by atoms with Crippen LogP contribution in [0.15, 0.2) is 48.3 Å².